The average Bonchev–Trinajstić information content (AvgIpc) is 2.51. The quantitative estimate of drug-likeness (QED) is 0.846. The van der Waals surface area contributed by atoms with Crippen molar-refractivity contribution in [2.45, 2.75) is 12.5 Å². The van der Waals surface area contributed by atoms with E-state index in [1.807, 2.05) is 0 Å². The zero-order chi connectivity index (χ0) is 11.8. The smallest absolute Gasteiger partial charge is 0.168 e. The molecule has 0 radical (unpaired) electrons. The summed E-state index contributed by atoms with van der Waals surface area (Å²) in [5.41, 5.74) is 0. The van der Waals surface area contributed by atoms with Crippen molar-refractivity contribution in [1.82, 2.24) is 4.98 Å². The number of hydrogen-bond donors (Lipinski definition) is 1. The number of aromatic nitrogens is 1. The Kier molecular flexibility index (Phi) is 2.79. The molecule has 1 saturated heterocycles. The molecule has 1 fully saturated rings. The molecule has 1 unspecified atom stereocenters. The number of pyridine rings is 1. The Bertz CT molecular complexity index is 504. The van der Waals surface area contributed by atoms with Gasteiger partial charge in [0.2, 0.25) is 0 Å². The van der Waals surface area contributed by atoms with Gasteiger partial charge >= 0.3 is 0 Å². The van der Waals surface area contributed by atoms with Gasteiger partial charge in [0.25, 0.3) is 0 Å². The van der Waals surface area contributed by atoms with Crippen LogP contribution in [0.25, 0.3) is 0 Å². The van der Waals surface area contributed by atoms with Crippen LogP contribution >= 0.6 is 0 Å². The van der Waals surface area contributed by atoms with E-state index in [1.54, 1.807) is 0 Å². The summed E-state index contributed by atoms with van der Waals surface area (Å²) in [5, 5.41) is 2.66. The van der Waals surface area contributed by atoms with Crippen LogP contribution in [0, 0.1) is 11.6 Å². The second kappa shape index (κ2) is 3.97. The number of nitrogens with one attached hydrogen (secondary N) is 1. The highest BCUT2D eigenvalue weighted by molar-refractivity contribution is 7.91. The first kappa shape index (κ1) is 11.3. The molecule has 88 valence electrons. The summed E-state index contributed by atoms with van der Waals surface area (Å²) in [7, 11) is -3.02. The van der Waals surface area contributed by atoms with Crippen molar-refractivity contribution in [3.05, 3.63) is 23.9 Å². The monoisotopic (exact) mass is 248 g/mol. The van der Waals surface area contributed by atoms with E-state index in [2.05, 4.69) is 10.3 Å². The van der Waals surface area contributed by atoms with E-state index in [0.29, 0.717) is 12.5 Å². The van der Waals surface area contributed by atoms with E-state index in [9.17, 15) is 17.2 Å². The van der Waals surface area contributed by atoms with Crippen LogP contribution in [0.4, 0.5) is 14.6 Å². The lowest BCUT2D eigenvalue weighted by Crippen LogP contribution is -2.22. The lowest BCUT2D eigenvalue weighted by molar-refractivity contribution is 0.573. The topological polar surface area (TPSA) is 59.1 Å². The first-order valence-corrected chi connectivity index (χ1v) is 6.56. The zero-order valence-electron chi connectivity index (χ0n) is 8.28. The van der Waals surface area contributed by atoms with Crippen LogP contribution in [-0.2, 0) is 9.84 Å². The molecule has 0 saturated carbocycles. The number of hydrogen-bond acceptors (Lipinski definition) is 4. The number of anilines is 1. The van der Waals surface area contributed by atoms with E-state index >= 15 is 0 Å². The number of rotatable bonds is 2. The van der Waals surface area contributed by atoms with Gasteiger partial charge in [-0.2, -0.15) is 0 Å². The molecule has 1 aliphatic heterocycles. The maximum atomic E-state index is 13.2. The van der Waals surface area contributed by atoms with Crippen molar-refractivity contribution in [2.24, 2.45) is 0 Å². The van der Waals surface area contributed by atoms with Crippen molar-refractivity contribution in [2.75, 3.05) is 16.8 Å². The third kappa shape index (κ3) is 2.46. The van der Waals surface area contributed by atoms with E-state index < -0.39 is 21.5 Å². The largest absolute Gasteiger partial charge is 0.364 e. The van der Waals surface area contributed by atoms with Crippen molar-refractivity contribution < 1.29 is 17.2 Å². The fourth-order valence-corrected chi connectivity index (χ4v) is 3.30. The third-order valence-corrected chi connectivity index (χ3v) is 4.15. The molecule has 4 nitrogen and oxygen atoms in total. The van der Waals surface area contributed by atoms with Crippen molar-refractivity contribution >= 4 is 15.7 Å². The molecule has 1 aromatic heterocycles. The first-order chi connectivity index (χ1) is 7.46. The fraction of sp³-hybridized carbons (Fsp3) is 0.444. The van der Waals surface area contributed by atoms with Gasteiger partial charge in [-0.1, -0.05) is 0 Å². The Morgan fingerprint density at radius 2 is 2.19 bits per heavy atom. The summed E-state index contributed by atoms with van der Waals surface area (Å²) in [6, 6.07) is 0.358. The van der Waals surface area contributed by atoms with Crippen molar-refractivity contribution in [3.8, 4) is 0 Å². The van der Waals surface area contributed by atoms with Gasteiger partial charge in [0, 0.05) is 12.1 Å². The van der Waals surface area contributed by atoms with Crippen LogP contribution in [-0.4, -0.2) is 30.9 Å². The first-order valence-electron chi connectivity index (χ1n) is 4.74. The number of sulfone groups is 1. The van der Waals surface area contributed by atoms with Gasteiger partial charge in [0.15, 0.2) is 21.5 Å². The molecule has 16 heavy (non-hydrogen) atoms. The Morgan fingerprint density at radius 1 is 1.44 bits per heavy atom. The summed E-state index contributed by atoms with van der Waals surface area (Å²) < 4.78 is 48.1. The van der Waals surface area contributed by atoms with E-state index in [-0.39, 0.29) is 23.4 Å². The molecular weight excluding hydrogens is 238 g/mol. The van der Waals surface area contributed by atoms with Gasteiger partial charge in [0.05, 0.1) is 17.7 Å². The summed E-state index contributed by atoms with van der Waals surface area (Å²) in [6.45, 7) is 0. The number of nitrogens with zero attached hydrogens (tertiary/aromatic N) is 1. The van der Waals surface area contributed by atoms with E-state index in [1.165, 1.54) is 0 Å². The predicted molar refractivity (Wildman–Crippen MR) is 54.8 cm³/mol. The highest BCUT2D eigenvalue weighted by Gasteiger charge is 2.28. The molecule has 0 spiro atoms. The molecule has 0 amide bonds. The molecule has 7 heteroatoms. The minimum atomic E-state index is -3.02. The molecule has 0 aliphatic carbocycles. The average molecular weight is 248 g/mol. The minimum absolute atomic E-state index is 0.0362. The highest BCUT2D eigenvalue weighted by Crippen LogP contribution is 2.18. The molecule has 1 aromatic rings. The summed E-state index contributed by atoms with van der Waals surface area (Å²) >= 11 is 0. The summed E-state index contributed by atoms with van der Waals surface area (Å²) in [4.78, 5) is 3.53. The van der Waals surface area contributed by atoms with Gasteiger partial charge in [-0.25, -0.2) is 22.2 Å². The molecule has 1 atom stereocenters. The maximum absolute atomic E-state index is 13.2. The molecule has 0 aromatic carbocycles. The second-order valence-corrected chi connectivity index (χ2v) is 5.96. The molecule has 1 aliphatic rings. The lowest BCUT2D eigenvalue weighted by atomic mass is 10.2. The molecule has 0 bridgehead atoms. The van der Waals surface area contributed by atoms with Crippen molar-refractivity contribution in [1.29, 1.82) is 0 Å². The Hall–Kier alpha value is -1.24. The van der Waals surface area contributed by atoms with Gasteiger partial charge in [-0.3, -0.25) is 0 Å². The summed E-state index contributed by atoms with van der Waals surface area (Å²) in [6.07, 6.45) is 1.30. The van der Waals surface area contributed by atoms with Crippen LogP contribution in [0.15, 0.2) is 12.3 Å². The SMILES string of the molecule is O=S1(=O)CCC(Nc2ncc(F)cc2F)C1. The molecule has 1 N–H and O–H groups in total. The van der Waals surface area contributed by atoms with Crippen LogP contribution in [0.5, 0.6) is 0 Å². The second-order valence-electron chi connectivity index (χ2n) is 3.73. The third-order valence-electron chi connectivity index (χ3n) is 2.38. The van der Waals surface area contributed by atoms with Gasteiger partial charge in [-0.15, -0.1) is 0 Å². The lowest BCUT2D eigenvalue weighted by Gasteiger charge is -2.11. The van der Waals surface area contributed by atoms with Crippen LogP contribution in [0.2, 0.25) is 0 Å². The standard InChI is InChI=1S/C9H10F2N2O2S/c10-6-3-8(11)9(12-4-6)13-7-1-2-16(14,15)5-7/h3-4,7H,1-2,5H2,(H,12,13). The maximum Gasteiger partial charge on any atom is 0.168 e. The molecule has 2 heterocycles. The minimum Gasteiger partial charge on any atom is -0.364 e. The van der Waals surface area contributed by atoms with Crippen LogP contribution in [0.1, 0.15) is 6.42 Å². The Balaban J connectivity index is 2.11. The normalized spacial score (nSPS) is 23.2. The van der Waals surface area contributed by atoms with Crippen LogP contribution in [0.3, 0.4) is 0 Å². The Morgan fingerprint density at radius 3 is 2.75 bits per heavy atom. The van der Waals surface area contributed by atoms with Gasteiger partial charge in [-0.05, 0) is 6.42 Å². The number of halogens is 2. The summed E-state index contributed by atoms with van der Waals surface area (Å²) in [5.74, 6) is -1.63. The van der Waals surface area contributed by atoms with Gasteiger partial charge in [0.1, 0.15) is 5.82 Å². The fourth-order valence-electron chi connectivity index (χ4n) is 1.62. The van der Waals surface area contributed by atoms with Gasteiger partial charge < -0.3 is 5.32 Å². The van der Waals surface area contributed by atoms with E-state index in [4.69, 9.17) is 0 Å². The zero-order valence-corrected chi connectivity index (χ0v) is 9.10. The van der Waals surface area contributed by atoms with Crippen LogP contribution < -0.4 is 5.32 Å². The van der Waals surface area contributed by atoms with E-state index in [0.717, 1.165) is 6.20 Å². The Labute approximate surface area is 91.6 Å². The highest BCUT2D eigenvalue weighted by atomic mass is 32.2. The predicted octanol–water partition coefficient (Wildman–Crippen LogP) is 0.959. The van der Waals surface area contributed by atoms with Crippen molar-refractivity contribution in [3.63, 3.8) is 0 Å². The molecule has 2 rings (SSSR count). The molecular formula is C9H10F2N2O2S.